The first kappa shape index (κ1) is 14.0. The van der Waals surface area contributed by atoms with Crippen molar-refractivity contribution in [2.45, 2.75) is 37.6 Å². The van der Waals surface area contributed by atoms with E-state index in [1.165, 1.54) is 38.2 Å². The number of aromatic nitrogens is 1. The summed E-state index contributed by atoms with van der Waals surface area (Å²) in [7, 11) is 0. The highest BCUT2D eigenvalue weighted by molar-refractivity contribution is 7.98. The molecular weight excluding hydrogens is 286 g/mol. The minimum atomic E-state index is 0.549. The Morgan fingerprint density at radius 3 is 2.27 bits per heavy atom. The van der Waals surface area contributed by atoms with Gasteiger partial charge in [0.05, 0.1) is 0 Å². The van der Waals surface area contributed by atoms with Crippen molar-refractivity contribution in [1.29, 1.82) is 0 Å². The minimum Gasteiger partial charge on any atom is -0.346 e. The summed E-state index contributed by atoms with van der Waals surface area (Å²) in [6.07, 6.45) is 4.44. The molecule has 0 radical (unpaired) electrons. The van der Waals surface area contributed by atoms with E-state index in [2.05, 4.69) is 67.1 Å². The summed E-state index contributed by atoms with van der Waals surface area (Å²) in [6, 6.07) is 16.5. The normalized spacial score (nSPS) is 17.1. The molecule has 3 aromatic rings. The largest absolute Gasteiger partial charge is 0.346 e. The molecule has 2 aromatic carbocycles. The molecule has 0 bridgehead atoms. The predicted molar refractivity (Wildman–Crippen MR) is 96.1 cm³/mol. The lowest BCUT2D eigenvalue weighted by molar-refractivity contribution is 0.474. The van der Waals surface area contributed by atoms with Gasteiger partial charge in [-0.2, -0.15) is 0 Å². The Morgan fingerprint density at radius 2 is 1.59 bits per heavy atom. The van der Waals surface area contributed by atoms with Crippen LogP contribution in [0.5, 0.6) is 0 Å². The van der Waals surface area contributed by atoms with Crippen molar-refractivity contribution < 1.29 is 0 Å². The lowest BCUT2D eigenvalue weighted by atomic mass is 9.85. The lowest BCUT2D eigenvalue weighted by Crippen LogP contribution is -2.21. The first-order chi connectivity index (χ1) is 10.7. The maximum Gasteiger partial charge on any atom is 0.0416 e. The van der Waals surface area contributed by atoms with Crippen LogP contribution in [0.1, 0.15) is 28.6 Å². The lowest BCUT2D eigenvalue weighted by Gasteiger charge is -2.29. The highest BCUT2D eigenvalue weighted by Gasteiger charge is 2.24. The summed E-state index contributed by atoms with van der Waals surface area (Å²) in [5.41, 5.74) is 5.76. The van der Waals surface area contributed by atoms with Gasteiger partial charge in [0.25, 0.3) is 0 Å². The van der Waals surface area contributed by atoms with Crippen LogP contribution >= 0.6 is 11.8 Å². The molecule has 0 fully saturated rings. The summed E-state index contributed by atoms with van der Waals surface area (Å²) in [4.78, 5) is 1.40. The van der Waals surface area contributed by atoms with Gasteiger partial charge in [0.1, 0.15) is 0 Å². The molecule has 1 aliphatic rings. The van der Waals surface area contributed by atoms with Crippen LogP contribution in [0, 0.1) is 13.8 Å². The Kier molecular flexibility index (Phi) is 3.30. The highest BCUT2D eigenvalue weighted by atomic mass is 32.2. The third-order valence-corrected chi connectivity index (χ3v) is 5.79. The van der Waals surface area contributed by atoms with Crippen LogP contribution in [0.3, 0.4) is 0 Å². The van der Waals surface area contributed by atoms with E-state index in [0.717, 1.165) is 12.8 Å². The van der Waals surface area contributed by atoms with Crippen molar-refractivity contribution in [3.63, 3.8) is 0 Å². The van der Waals surface area contributed by atoms with Gasteiger partial charge < -0.3 is 4.57 Å². The van der Waals surface area contributed by atoms with Gasteiger partial charge in [-0.05, 0) is 73.0 Å². The Morgan fingerprint density at radius 1 is 0.909 bits per heavy atom. The van der Waals surface area contributed by atoms with Gasteiger partial charge in [0.15, 0.2) is 0 Å². The van der Waals surface area contributed by atoms with Crippen LogP contribution in [0.15, 0.2) is 47.4 Å². The molecule has 1 unspecified atom stereocenters. The number of aryl methyl sites for hydroxylation is 2. The average molecular weight is 307 g/mol. The molecule has 0 spiro atoms. The van der Waals surface area contributed by atoms with Gasteiger partial charge in [-0.1, -0.05) is 24.3 Å². The average Bonchev–Trinajstić information content (AvgIpc) is 2.86. The molecule has 1 nitrogen and oxygen atoms in total. The topological polar surface area (TPSA) is 4.93 Å². The Hall–Kier alpha value is -1.67. The Balaban J connectivity index is 1.87. The van der Waals surface area contributed by atoms with E-state index in [0.29, 0.717) is 6.04 Å². The number of thioether (sulfide) groups is 1. The van der Waals surface area contributed by atoms with Crippen LogP contribution in [0.25, 0.3) is 10.8 Å². The molecule has 22 heavy (non-hydrogen) atoms. The fraction of sp³-hybridized carbons (Fsp3) is 0.300. The van der Waals surface area contributed by atoms with E-state index >= 15 is 0 Å². The zero-order valence-electron chi connectivity index (χ0n) is 13.4. The second kappa shape index (κ2) is 5.20. The summed E-state index contributed by atoms with van der Waals surface area (Å²) in [6.45, 7) is 4.44. The van der Waals surface area contributed by atoms with Crippen LogP contribution in [-0.2, 0) is 12.8 Å². The van der Waals surface area contributed by atoms with Gasteiger partial charge in [0.2, 0.25) is 0 Å². The standard InChI is InChI=1S/C20H21NS/c1-13-7-8-14(2)21(13)17-11-15-5-4-6-18-19(22-3)10-9-16(12-17)20(15)18/h4-10,17H,11-12H2,1-3H3. The van der Waals surface area contributed by atoms with Crippen LogP contribution in [-0.4, -0.2) is 10.8 Å². The van der Waals surface area contributed by atoms with E-state index < -0.39 is 0 Å². The van der Waals surface area contributed by atoms with Crippen LogP contribution in [0.2, 0.25) is 0 Å². The minimum absolute atomic E-state index is 0.549. The molecule has 1 atom stereocenters. The molecule has 2 heteroatoms. The molecule has 112 valence electrons. The van der Waals surface area contributed by atoms with Crippen molar-refractivity contribution in [3.05, 3.63) is 65.0 Å². The van der Waals surface area contributed by atoms with Gasteiger partial charge >= 0.3 is 0 Å². The molecule has 0 saturated heterocycles. The molecule has 1 aromatic heterocycles. The van der Waals surface area contributed by atoms with Gasteiger partial charge in [0, 0.05) is 22.3 Å². The number of hydrogen-bond donors (Lipinski definition) is 0. The van der Waals surface area contributed by atoms with Crippen molar-refractivity contribution >= 4 is 22.5 Å². The summed E-state index contributed by atoms with van der Waals surface area (Å²) in [5, 5.41) is 2.94. The maximum atomic E-state index is 2.52. The van der Waals surface area contributed by atoms with Crippen molar-refractivity contribution in [3.8, 4) is 0 Å². The summed E-state index contributed by atoms with van der Waals surface area (Å²) >= 11 is 1.85. The Bertz CT molecular complexity index is 828. The fourth-order valence-corrected chi connectivity index (χ4v) is 4.66. The molecule has 1 heterocycles. The van der Waals surface area contributed by atoms with Crippen LogP contribution < -0.4 is 0 Å². The second-order valence-corrected chi connectivity index (χ2v) is 7.16. The first-order valence-electron chi connectivity index (χ1n) is 7.91. The van der Waals surface area contributed by atoms with Crippen molar-refractivity contribution in [2.75, 3.05) is 6.26 Å². The quantitative estimate of drug-likeness (QED) is 0.580. The first-order valence-corrected chi connectivity index (χ1v) is 9.13. The molecule has 1 aliphatic carbocycles. The smallest absolute Gasteiger partial charge is 0.0416 e. The number of nitrogens with zero attached hydrogens (tertiary/aromatic N) is 1. The van der Waals surface area contributed by atoms with E-state index in [-0.39, 0.29) is 0 Å². The van der Waals surface area contributed by atoms with Gasteiger partial charge in [-0.15, -0.1) is 11.8 Å². The van der Waals surface area contributed by atoms with Gasteiger partial charge in [-0.3, -0.25) is 0 Å². The summed E-state index contributed by atoms with van der Waals surface area (Å²) in [5.74, 6) is 0. The van der Waals surface area contributed by atoms with Crippen LogP contribution in [0.4, 0.5) is 0 Å². The number of benzene rings is 2. The third kappa shape index (κ3) is 2.01. The van der Waals surface area contributed by atoms with E-state index in [9.17, 15) is 0 Å². The molecular formula is C20H21NS. The fourth-order valence-electron chi connectivity index (χ4n) is 4.07. The SMILES string of the molecule is CSc1ccc2c3c(cccc13)CC(n1c(C)ccc1C)C2. The molecule has 0 N–H and O–H groups in total. The van der Waals surface area contributed by atoms with Crippen molar-refractivity contribution in [1.82, 2.24) is 4.57 Å². The molecule has 4 rings (SSSR count). The molecule has 0 saturated carbocycles. The number of rotatable bonds is 2. The third-order valence-electron chi connectivity index (χ3n) is 5.00. The van der Waals surface area contributed by atoms with E-state index in [4.69, 9.17) is 0 Å². The predicted octanol–water partition coefficient (Wildman–Crippen LogP) is 5.32. The van der Waals surface area contributed by atoms with E-state index in [1.807, 2.05) is 11.8 Å². The zero-order valence-corrected chi connectivity index (χ0v) is 14.2. The van der Waals surface area contributed by atoms with Gasteiger partial charge in [-0.25, -0.2) is 0 Å². The number of hydrogen-bond acceptors (Lipinski definition) is 1. The molecule has 0 aliphatic heterocycles. The maximum absolute atomic E-state index is 2.52. The Labute approximate surface area is 136 Å². The summed E-state index contributed by atoms with van der Waals surface area (Å²) < 4.78 is 2.52. The highest BCUT2D eigenvalue weighted by Crippen LogP contribution is 2.38. The molecule has 0 amide bonds. The zero-order chi connectivity index (χ0) is 15.3. The van der Waals surface area contributed by atoms with E-state index in [1.54, 1.807) is 0 Å². The second-order valence-electron chi connectivity index (χ2n) is 6.31. The monoisotopic (exact) mass is 307 g/mol. The van der Waals surface area contributed by atoms with Crippen molar-refractivity contribution in [2.24, 2.45) is 0 Å².